The average molecular weight is 264 g/mol. The molecule has 0 aliphatic carbocycles. The minimum atomic E-state index is 1.27. The third kappa shape index (κ3) is 5.48. The van der Waals surface area contributed by atoms with Crippen LogP contribution < -0.4 is 0 Å². The first-order valence-corrected chi connectivity index (χ1v) is 8.34. The molecular weight excluding hydrogens is 236 g/mol. The summed E-state index contributed by atoms with van der Waals surface area (Å²) in [6.07, 6.45) is 8.35. The summed E-state index contributed by atoms with van der Waals surface area (Å²) in [4.78, 5) is 1.51. The molecule has 0 heterocycles. The molecule has 0 aliphatic heterocycles. The van der Waals surface area contributed by atoms with Gasteiger partial charge in [0, 0.05) is 4.90 Å². The van der Waals surface area contributed by atoms with Crippen molar-refractivity contribution in [1.82, 2.24) is 0 Å². The minimum absolute atomic E-state index is 1.27. The molecule has 0 fully saturated rings. The van der Waals surface area contributed by atoms with Crippen LogP contribution in [0.3, 0.4) is 0 Å². The molecule has 102 valence electrons. The van der Waals surface area contributed by atoms with Crippen LogP contribution in [0.15, 0.2) is 17.0 Å². The Labute approximate surface area is 118 Å². The smallest absolute Gasteiger partial charge is 0.0131 e. The molecule has 1 aromatic rings. The maximum absolute atomic E-state index is 2.30. The van der Waals surface area contributed by atoms with Gasteiger partial charge in [-0.1, -0.05) is 56.7 Å². The minimum Gasteiger partial charge on any atom is -0.126 e. The van der Waals surface area contributed by atoms with E-state index in [0.717, 1.165) is 0 Å². The number of thioether (sulfide) groups is 1. The van der Waals surface area contributed by atoms with Gasteiger partial charge in [0.2, 0.25) is 0 Å². The van der Waals surface area contributed by atoms with Gasteiger partial charge in [0.25, 0.3) is 0 Å². The van der Waals surface area contributed by atoms with E-state index in [2.05, 4.69) is 39.8 Å². The van der Waals surface area contributed by atoms with Crippen LogP contribution in [0.5, 0.6) is 0 Å². The van der Waals surface area contributed by atoms with Crippen LogP contribution in [-0.2, 0) is 0 Å². The quantitative estimate of drug-likeness (QED) is 0.406. The van der Waals surface area contributed by atoms with Gasteiger partial charge in [0.15, 0.2) is 0 Å². The molecule has 0 spiro atoms. The van der Waals surface area contributed by atoms with E-state index in [4.69, 9.17) is 0 Å². The zero-order chi connectivity index (χ0) is 13.4. The van der Waals surface area contributed by atoms with Crippen molar-refractivity contribution in [1.29, 1.82) is 0 Å². The van der Waals surface area contributed by atoms with Crippen LogP contribution in [0.25, 0.3) is 0 Å². The largest absolute Gasteiger partial charge is 0.126 e. The summed E-state index contributed by atoms with van der Waals surface area (Å²) in [5.41, 5.74) is 4.28. The Kier molecular flexibility index (Phi) is 7.50. The van der Waals surface area contributed by atoms with Crippen LogP contribution in [0.1, 0.15) is 62.1 Å². The molecule has 0 aromatic heterocycles. The number of rotatable bonds is 8. The third-order valence-electron chi connectivity index (χ3n) is 3.35. The molecule has 0 nitrogen and oxygen atoms in total. The van der Waals surface area contributed by atoms with Crippen LogP contribution >= 0.6 is 11.8 Å². The lowest BCUT2D eigenvalue weighted by molar-refractivity contribution is 0.627. The van der Waals surface area contributed by atoms with Gasteiger partial charge in [-0.2, -0.15) is 0 Å². The molecule has 0 N–H and O–H groups in total. The molecular formula is C17H28S. The number of benzene rings is 1. The monoisotopic (exact) mass is 264 g/mol. The lowest BCUT2D eigenvalue weighted by Crippen LogP contribution is -1.90. The lowest BCUT2D eigenvalue weighted by atomic mass is 10.1. The highest BCUT2D eigenvalue weighted by atomic mass is 32.2. The van der Waals surface area contributed by atoms with Crippen LogP contribution in [0.2, 0.25) is 0 Å². The molecule has 1 aromatic carbocycles. The standard InChI is InChI=1S/C17H28S/c1-5-6-7-8-9-10-11-18-17-15(3)12-14(2)13-16(17)4/h12-13H,5-11H2,1-4H3. The summed E-state index contributed by atoms with van der Waals surface area (Å²) in [6, 6.07) is 4.60. The van der Waals surface area contributed by atoms with Crippen molar-refractivity contribution >= 4 is 11.8 Å². The van der Waals surface area contributed by atoms with Crippen molar-refractivity contribution < 1.29 is 0 Å². The van der Waals surface area contributed by atoms with Gasteiger partial charge in [-0.05, 0) is 44.1 Å². The van der Waals surface area contributed by atoms with E-state index in [0.29, 0.717) is 0 Å². The summed E-state index contributed by atoms with van der Waals surface area (Å²) >= 11 is 2.05. The van der Waals surface area contributed by atoms with Crippen LogP contribution in [0, 0.1) is 20.8 Å². The maximum atomic E-state index is 2.30. The Bertz CT molecular complexity index is 332. The molecule has 0 saturated carbocycles. The Balaban J connectivity index is 2.27. The first-order valence-electron chi connectivity index (χ1n) is 7.35. The van der Waals surface area contributed by atoms with E-state index < -0.39 is 0 Å². The van der Waals surface area contributed by atoms with E-state index in [1.165, 1.54) is 65.9 Å². The second-order valence-corrected chi connectivity index (χ2v) is 6.45. The van der Waals surface area contributed by atoms with E-state index >= 15 is 0 Å². The number of hydrogen-bond acceptors (Lipinski definition) is 1. The summed E-state index contributed by atoms with van der Waals surface area (Å²) in [5, 5.41) is 0. The van der Waals surface area contributed by atoms with Crippen molar-refractivity contribution in [2.45, 2.75) is 71.1 Å². The van der Waals surface area contributed by atoms with E-state index in [-0.39, 0.29) is 0 Å². The summed E-state index contributed by atoms with van der Waals surface area (Å²) in [7, 11) is 0. The van der Waals surface area contributed by atoms with Crippen molar-refractivity contribution in [3.05, 3.63) is 28.8 Å². The van der Waals surface area contributed by atoms with Crippen molar-refractivity contribution in [2.24, 2.45) is 0 Å². The highest BCUT2D eigenvalue weighted by Crippen LogP contribution is 2.28. The Hall–Kier alpha value is -0.430. The molecule has 1 rings (SSSR count). The first kappa shape index (κ1) is 15.6. The van der Waals surface area contributed by atoms with Gasteiger partial charge < -0.3 is 0 Å². The zero-order valence-corrected chi connectivity index (χ0v) is 13.3. The molecule has 0 amide bonds. The molecule has 0 bridgehead atoms. The van der Waals surface area contributed by atoms with Gasteiger partial charge in [-0.25, -0.2) is 0 Å². The zero-order valence-electron chi connectivity index (χ0n) is 12.5. The second kappa shape index (κ2) is 8.63. The van der Waals surface area contributed by atoms with Crippen molar-refractivity contribution in [3.8, 4) is 0 Å². The molecule has 0 unspecified atom stereocenters. The maximum Gasteiger partial charge on any atom is 0.0131 e. The summed E-state index contributed by atoms with van der Waals surface area (Å²) < 4.78 is 0. The lowest BCUT2D eigenvalue weighted by Gasteiger charge is -2.10. The van der Waals surface area contributed by atoms with Gasteiger partial charge in [-0.15, -0.1) is 11.8 Å². The molecule has 0 atom stereocenters. The summed E-state index contributed by atoms with van der Waals surface area (Å²) in [5.74, 6) is 1.27. The topological polar surface area (TPSA) is 0 Å². The Morgan fingerprint density at radius 2 is 1.39 bits per heavy atom. The molecule has 1 heteroatoms. The third-order valence-corrected chi connectivity index (χ3v) is 4.77. The van der Waals surface area contributed by atoms with Gasteiger partial charge in [0.1, 0.15) is 0 Å². The van der Waals surface area contributed by atoms with Gasteiger partial charge >= 0.3 is 0 Å². The molecule has 0 radical (unpaired) electrons. The summed E-state index contributed by atoms with van der Waals surface area (Å²) in [6.45, 7) is 8.94. The normalized spacial score (nSPS) is 10.9. The molecule has 18 heavy (non-hydrogen) atoms. The fraction of sp³-hybridized carbons (Fsp3) is 0.647. The molecule has 0 aliphatic rings. The van der Waals surface area contributed by atoms with Gasteiger partial charge in [0.05, 0.1) is 0 Å². The molecule has 0 saturated heterocycles. The van der Waals surface area contributed by atoms with E-state index in [9.17, 15) is 0 Å². The predicted molar refractivity (Wildman–Crippen MR) is 84.8 cm³/mol. The fourth-order valence-corrected chi connectivity index (χ4v) is 3.58. The van der Waals surface area contributed by atoms with Gasteiger partial charge in [-0.3, -0.25) is 0 Å². The Morgan fingerprint density at radius 3 is 2.00 bits per heavy atom. The SMILES string of the molecule is CCCCCCCCSc1c(C)cc(C)cc1C. The Morgan fingerprint density at radius 1 is 0.833 bits per heavy atom. The fourth-order valence-electron chi connectivity index (χ4n) is 2.45. The van der Waals surface area contributed by atoms with Crippen LogP contribution in [-0.4, -0.2) is 5.75 Å². The van der Waals surface area contributed by atoms with Crippen molar-refractivity contribution in [3.63, 3.8) is 0 Å². The average Bonchev–Trinajstić information content (AvgIpc) is 2.30. The van der Waals surface area contributed by atoms with Crippen molar-refractivity contribution in [2.75, 3.05) is 5.75 Å². The first-order chi connectivity index (χ1) is 8.65. The van der Waals surface area contributed by atoms with Crippen LogP contribution in [0.4, 0.5) is 0 Å². The number of hydrogen-bond donors (Lipinski definition) is 0. The second-order valence-electron chi connectivity index (χ2n) is 5.34. The predicted octanol–water partition coefficient (Wildman–Crippen LogP) is 6.06. The number of aryl methyl sites for hydroxylation is 3. The van der Waals surface area contributed by atoms with E-state index in [1.54, 1.807) is 0 Å². The highest BCUT2D eigenvalue weighted by molar-refractivity contribution is 7.99. The van der Waals surface area contributed by atoms with E-state index in [1.807, 2.05) is 11.8 Å². The number of unbranched alkanes of at least 4 members (excludes halogenated alkanes) is 5. The highest BCUT2D eigenvalue weighted by Gasteiger charge is 2.04.